The molecule has 0 aliphatic rings. The maximum Gasteiger partial charge on any atom is 0.0745 e. The Labute approximate surface area is 98.5 Å². The summed E-state index contributed by atoms with van der Waals surface area (Å²) in [5.74, 6) is 0. The second kappa shape index (κ2) is 3.97. The smallest absolute Gasteiger partial charge is 0.0745 e. The van der Waals surface area contributed by atoms with Gasteiger partial charge in [-0.25, -0.2) is 0 Å². The van der Waals surface area contributed by atoms with E-state index < -0.39 is 5.54 Å². The van der Waals surface area contributed by atoms with Gasteiger partial charge in [0, 0.05) is 4.88 Å². The Balaban J connectivity index is 2.48. The van der Waals surface area contributed by atoms with E-state index in [-0.39, 0.29) is 0 Å². The highest BCUT2D eigenvalue weighted by molar-refractivity contribution is 7.10. The zero-order valence-electron chi connectivity index (χ0n) is 8.41. The molecule has 0 saturated heterocycles. The molecule has 3 heteroatoms. The van der Waals surface area contributed by atoms with Gasteiger partial charge in [-0.3, -0.25) is 0 Å². The highest BCUT2D eigenvalue weighted by Crippen LogP contribution is 2.35. The van der Waals surface area contributed by atoms with E-state index in [2.05, 4.69) is 0 Å². The van der Waals surface area contributed by atoms with Crippen LogP contribution in [0, 0.1) is 0 Å². The standard InChI is InChI=1S/C12H12ClNS/c1-12(14,9-5-3-2-4-6-9)11-10(13)7-8-15-11/h2-8H,14H2,1H3. The lowest BCUT2D eigenvalue weighted by Crippen LogP contribution is -2.33. The molecule has 1 unspecified atom stereocenters. The Kier molecular flexibility index (Phi) is 2.83. The number of hydrogen-bond acceptors (Lipinski definition) is 2. The van der Waals surface area contributed by atoms with Gasteiger partial charge in [0.25, 0.3) is 0 Å². The lowest BCUT2D eigenvalue weighted by Gasteiger charge is -2.24. The summed E-state index contributed by atoms with van der Waals surface area (Å²) in [7, 11) is 0. The lowest BCUT2D eigenvalue weighted by molar-refractivity contribution is 0.617. The van der Waals surface area contributed by atoms with Crippen LogP contribution in [0.3, 0.4) is 0 Å². The summed E-state index contributed by atoms with van der Waals surface area (Å²) in [5, 5.41) is 2.71. The van der Waals surface area contributed by atoms with E-state index in [1.54, 1.807) is 11.3 Å². The maximum atomic E-state index is 6.33. The minimum atomic E-state index is -0.507. The molecule has 1 aromatic heterocycles. The minimum absolute atomic E-state index is 0.507. The summed E-state index contributed by atoms with van der Waals surface area (Å²) in [6.45, 7) is 1.99. The lowest BCUT2D eigenvalue weighted by atomic mass is 9.92. The van der Waals surface area contributed by atoms with Gasteiger partial charge in [-0.2, -0.15) is 0 Å². The van der Waals surface area contributed by atoms with Crippen LogP contribution in [0.25, 0.3) is 0 Å². The Morgan fingerprint density at radius 1 is 1.20 bits per heavy atom. The number of rotatable bonds is 2. The zero-order valence-corrected chi connectivity index (χ0v) is 9.98. The molecule has 0 saturated carbocycles. The topological polar surface area (TPSA) is 26.0 Å². The van der Waals surface area contributed by atoms with Crippen LogP contribution >= 0.6 is 22.9 Å². The fourth-order valence-corrected chi connectivity index (χ4v) is 2.93. The van der Waals surface area contributed by atoms with E-state index >= 15 is 0 Å². The summed E-state index contributed by atoms with van der Waals surface area (Å²) >= 11 is 7.70. The second-order valence-corrected chi connectivity index (χ2v) is 4.99. The van der Waals surface area contributed by atoms with Crippen LogP contribution in [-0.4, -0.2) is 0 Å². The van der Waals surface area contributed by atoms with Gasteiger partial charge in [-0.15, -0.1) is 11.3 Å². The van der Waals surface area contributed by atoms with Gasteiger partial charge in [0.05, 0.1) is 10.6 Å². The summed E-state index contributed by atoms with van der Waals surface area (Å²) in [6.07, 6.45) is 0. The molecule has 0 spiro atoms. The monoisotopic (exact) mass is 237 g/mol. The van der Waals surface area contributed by atoms with E-state index in [9.17, 15) is 0 Å². The highest BCUT2D eigenvalue weighted by Gasteiger charge is 2.27. The summed E-state index contributed by atoms with van der Waals surface area (Å²) < 4.78 is 0. The molecule has 0 bridgehead atoms. The molecule has 0 radical (unpaired) electrons. The summed E-state index contributed by atoms with van der Waals surface area (Å²) in [6, 6.07) is 11.9. The maximum absolute atomic E-state index is 6.33. The van der Waals surface area contributed by atoms with Gasteiger partial charge in [-0.05, 0) is 23.9 Å². The molecule has 2 N–H and O–H groups in total. The van der Waals surface area contributed by atoms with E-state index in [0.29, 0.717) is 0 Å². The van der Waals surface area contributed by atoms with Crippen molar-refractivity contribution < 1.29 is 0 Å². The number of thiophene rings is 1. The highest BCUT2D eigenvalue weighted by atomic mass is 35.5. The first-order valence-corrected chi connectivity index (χ1v) is 5.96. The van der Waals surface area contributed by atoms with Crippen molar-refractivity contribution in [2.45, 2.75) is 12.5 Å². The van der Waals surface area contributed by atoms with Gasteiger partial charge in [0.1, 0.15) is 0 Å². The molecule has 0 fully saturated rings. The van der Waals surface area contributed by atoms with E-state index in [1.165, 1.54) is 0 Å². The third kappa shape index (κ3) is 1.93. The van der Waals surface area contributed by atoms with Gasteiger partial charge >= 0.3 is 0 Å². The summed E-state index contributed by atoms with van der Waals surface area (Å²) in [5.41, 5.74) is 6.90. The number of benzene rings is 1. The molecule has 0 aliphatic carbocycles. The van der Waals surface area contributed by atoms with Crippen molar-refractivity contribution >= 4 is 22.9 Å². The number of halogens is 1. The fourth-order valence-electron chi connectivity index (χ4n) is 1.58. The third-order valence-electron chi connectivity index (χ3n) is 2.46. The van der Waals surface area contributed by atoms with Crippen LogP contribution in [0.1, 0.15) is 17.4 Å². The molecule has 0 aliphatic heterocycles. The predicted octanol–water partition coefficient (Wildman–Crippen LogP) is 3.62. The summed E-state index contributed by atoms with van der Waals surface area (Å²) in [4.78, 5) is 1.01. The van der Waals surface area contributed by atoms with Crippen LogP contribution in [0.2, 0.25) is 5.02 Å². The SMILES string of the molecule is CC(N)(c1ccccc1)c1sccc1Cl. The second-order valence-electron chi connectivity index (χ2n) is 3.67. The van der Waals surface area contributed by atoms with Crippen molar-refractivity contribution in [1.82, 2.24) is 0 Å². The van der Waals surface area contributed by atoms with Crippen molar-refractivity contribution in [2.75, 3.05) is 0 Å². The van der Waals surface area contributed by atoms with Crippen LogP contribution in [0.15, 0.2) is 41.8 Å². The molecular weight excluding hydrogens is 226 g/mol. The number of hydrogen-bond donors (Lipinski definition) is 1. The van der Waals surface area contributed by atoms with Crippen molar-refractivity contribution in [3.8, 4) is 0 Å². The first kappa shape index (κ1) is 10.7. The van der Waals surface area contributed by atoms with Crippen LogP contribution in [0.5, 0.6) is 0 Å². The molecule has 1 nitrogen and oxygen atoms in total. The van der Waals surface area contributed by atoms with E-state index in [1.807, 2.05) is 48.7 Å². The Morgan fingerprint density at radius 2 is 1.87 bits per heavy atom. The molecule has 0 amide bonds. The van der Waals surface area contributed by atoms with Crippen molar-refractivity contribution in [2.24, 2.45) is 5.73 Å². The van der Waals surface area contributed by atoms with E-state index in [0.717, 1.165) is 15.5 Å². The molecular formula is C12H12ClNS. The molecule has 1 aromatic carbocycles. The average Bonchev–Trinajstić information content (AvgIpc) is 2.66. The Hall–Kier alpha value is -0.830. The van der Waals surface area contributed by atoms with Crippen LogP contribution in [-0.2, 0) is 5.54 Å². The predicted molar refractivity (Wildman–Crippen MR) is 66.4 cm³/mol. The quantitative estimate of drug-likeness (QED) is 0.848. The normalized spacial score (nSPS) is 14.9. The molecule has 2 rings (SSSR count). The van der Waals surface area contributed by atoms with Crippen LogP contribution in [0.4, 0.5) is 0 Å². The molecule has 1 atom stereocenters. The molecule has 78 valence electrons. The Bertz CT molecular complexity index is 448. The van der Waals surface area contributed by atoms with Crippen molar-refractivity contribution in [3.63, 3.8) is 0 Å². The number of nitrogens with two attached hydrogens (primary N) is 1. The minimum Gasteiger partial charge on any atom is -0.317 e. The molecule has 2 aromatic rings. The fraction of sp³-hybridized carbons (Fsp3) is 0.167. The van der Waals surface area contributed by atoms with Gasteiger partial charge in [0.15, 0.2) is 0 Å². The molecule has 1 heterocycles. The Morgan fingerprint density at radius 3 is 2.40 bits per heavy atom. The van der Waals surface area contributed by atoms with Crippen molar-refractivity contribution in [1.29, 1.82) is 0 Å². The third-order valence-corrected chi connectivity index (χ3v) is 4.04. The van der Waals surface area contributed by atoms with Crippen molar-refractivity contribution in [3.05, 3.63) is 57.2 Å². The zero-order chi connectivity index (χ0) is 10.9. The largest absolute Gasteiger partial charge is 0.317 e. The van der Waals surface area contributed by atoms with Gasteiger partial charge in [0.2, 0.25) is 0 Å². The van der Waals surface area contributed by atoms with Crippen LogP contribution < -0.4 is 5.73 Å². The molecule has 15 heavy (non-hydrogen) atoms. The first-order valence-electron chi connectivity index (χ1n) is 4.70. The average molecular weight is 238 g/mol. The first-order chi connectivity index (χ1) is 7.12. The van der Waals surface area contributed by atoms with E-state index in [4.69, 9.17) is 17.3 Å². The van der Waals surface area contributed by atoms with Gasteiger partial charge in [-0.1, -0.05) is 41.9 Å². The van der Waals surface area contributed by atoms with Gasteiger partial charge < -0.3 is 5.73 Å².